The van der Waals surface area contributed by atoms with E-state index in [2.05, 4.69) is 0 Å². The number of carboxylic acid groups (broad SMARTS) is 2. The summed E-state index contributed by atoms with van der Waals surface area (Å²) in [6.07, 6.45) is -1.07. The first-order valence-corrected chi connectivity index (χ1v) is 21.7. The Morgan fingerprint density at radius 3 is 1.05 bits per heavy atom. The fourth-order valence-corrected chi connectivity index (χ4v) is 5.92. The molecular formula is C44H80O17. The Morgan fingerprint density at radius 2 is 0.754 bits per heavy atom. The van der Waals surface area contributed by atoms with Crippen molar-refractivity contribution in [2.24, 2.45) is 23.7 Å². The number of carbonyl (C=O) groups excluding carboxylic acids is 5. The van der Waals surface area contributed by atoms with Gasteiger partial charge in [-0.2, -0.15) is 0 Å². The number of rotatable bonds is 28. The first kappa shape index (κ1) is 61.5. The number of ether oxygens (including phenoxy) is 5. The lowest BCUT2D eigenvalue weighted by Crippen LogP contribution is -2.33. The van der Waals surface area contributed by atoms with Crippen molar-refractivity contribution < 1.29 is 82.8 Å². The first-order chi connectivity index (χ1) is 28.3. The number of carboxylic acids is 2. The van der Waals surface area contributed by atoms with Crippen molar-refractivity contribution >= 4 is 41.8 Å². The normalized spacial score (nSPS) is 16.8. The number of aliphatic hydroxyl groups excluding tert-OH is 3. The van der Waals surface area contributed by atoms with Gasteiger partial charge in [-0.05, 0) is 65.7 Å². The summed E-state index contributed by atoms with van der Waals surface area (Å²) in [4.78, 5) is 81.3. The van der Waals surface area contributed by atoms with Gasteiger partial charge in [-0.1, -0.05) is 48.5 Å². The van der Waals surface area contributed by atoms with Crippen molar-refractivity contribution in [3.8, 4) is 0 Å². The number of aliphatic carboxylic acids is 2. The van der Waals surface area contributed by atoms with E-state index in [1.165, 1.54) is 20.8 Å². The van der Waals surface area contributed by atoms with E-state index < -0.39 is 90.2 Å². The number of hydrogen-bond acceptors (Lipinski definition) is 15. The minimum absolute atomic E-state index is 0.0771. The minimum Gasteiger partial charge on any atom is -0.481 e. The van der Waals surface area contributed by atoms with Crippen molar-refractivity contribution in [1.29, 1.82) is 0 Å². The summed E-state index contributed by atoms with van der Waals surface area (Å²) in [5.41, 5.74) is 0. The third-order valence-corrected chi connectivity index (χ3v) is 9.76. The minimum atomic E-state index is -1.17. The smallest absolute Gasteiger partial charge is 0.309 e. The quantitative estimate of drug-likeness (QED) is 0.0434. The summed E-state index contributed by atoms with van der Waals surface area (Å²) >= 11 is 0. The summed E-state index contributed by atoms with van der Waals surface area (Å²) in [7, 11) is 0. The predicted molar refractivity (Wildman–Crippen MR) is 226 cm³/mol. The molecule has 0 amide bonds. The van der Waals surface area contributed by atoms with Crippen LogP contribution in [0.3, 0.4) is 0 Å². The number of esters is 5. The predicted octanol–water partition coefficient (Wildman–Crippen LogP) is 6.17. The van der Waals surface area contributed by atoms with Crippen LogP contribution in [-0.2, 0) is 57.2 Å². The lowest BCUT2D eigenvalue weighted by molar-refractivity contribution is -0.160. The maximum absolute atomic E-state index is 13.1. The number of aliphatic hydroxyl groups is 3. The van der Waals surface area contributed by atoms with Crippen LogP contribution in [-0.4, -0.2) is 116 Å². The highest BCUT2D eigenvalue weighted by molar-refractivity contribution is 5.77. The van der Waals surface area contributed by atoms with E-state index in [0.29, 0.717) is 25.7 Å². The van der Waals surface area contributed by atoms with E-state index in [0.717, 1.165) is 6.42 Å². The van der Waals surface area contributed by atoms with Crippen molar-refractivity contribution in [2.75, 3.05) is 0 Å². The summed E-state index contributed by atoms with van der Waals surface area (Å²) in [5, 5.41) is 47.5. The molecule has 0 aliphatic rings. The molecule has 0 bridgehead atoms. The van der Waals surface area contributed by atoms with Gasteiger partial charge in [-0.3, -0.25) is 33.6 Å². The van der Waals surface area contributed by atoms with Gasteiger partial charge in [-0.15, -0.1) is 0 Å². The molecule has 0 aromatic heterocycles. The highest BCUT2D eigenvalue weighted by atomic mass is 16.6. The van der Waals surface area contributed by atoms with Crippen molar-refractivity contribution in [1.82, 2.24) is 0 Å². The Balaban J connectivity index is -0.00000153. The van der Waals surface area contributed by atoms with E-state index in [1.807, 2.05) is 13.8 Å². The molecule has 0 aliphatic heterocycles. The Hall–Kier alpha value is -3.83. The Kier molecular flexibility index (Phi) is 35.0. The maximum atomic E-state index is 13.1. The molecule has 17 heteroatoms. The fraction of sp³-hybridized carbons (Fsp3) is 0.841. The molecule has 0 rings (SSSR count). The molecule has 0 aromatic carbocycles. The Bertz CT molecular complexity index is 1270. The third-order valence-electron chi connectivity index (χ3n) is 9.76. The van der Waals surface area contributed by atoms with Gasteiger partial charge < -0.3 is 49.2 Å². The molecule has 358 valence electrons. The summed E-state index contributed by atoms with van der Waals surface area (Å²) in [6.45, 7) is 21.3. The van der Waals surface area contributed by atoms with Gasteiger partial charge in [0.1, 0.15) is 30.5 Å². The van der Waals surface area contributed by atoms with Crippen molar-refractivity contribution in [3.63, 3.8) is 0 Å². The molecule has 61 heavy (non-hydrogen) atoms. The van der Waals surface area contributed by atoms with Gasteiger partial charge >= 0.3 is 41.8 Å². The largest absolute Gasteiger partial charge is 0.481 e. The molecule has 0 radical (unpaired) electrons. The van der Waals surface area contributed by atoms with Crippen LogP contribution in [0.5, 0.6) is 0 Å². The van der Waals surface area contributed by atoms with E-state index in [-0.39, 0.29) is 69.0 Å². The Labute approximate surface area is 363 Å². The van der Waals surface area contributed by atoms with Crippen LogP contribution in [0.2, 0.25) is 0 Å². The van der Waals surface area contributed by atoms with E-state index in [4.69, 9.17) is 33.9 Å². The third kappa shape index (κ3) is 33.5. The SMILES string of the molecule is CCC(C)C(=O)O.CCC(O)CC(C)OC(C)=O.CCC(O)CC(CC(C)OC(C)=O)OC(=O)C(C)CC(CC(CC)C(=O)OC(CC(O)CC)CC(C)OC(C)=O)C(=O)O. The zero-order valence-electron chi connectivity index (χ0n) is 39.0. The zero-order valence-corrected chi connectivity index (χ0v) is 39.0. The monoisotopic (exact) mass is 881 g/mol. The van der Waals surface area contributed by atoms with Crippen molar-refractivity contribution in [2.45, 2.75) is 216 Å². The maximum Gasteiger partial charge on any atom is 0.309 e. The summed E-state index contributed by atoms with van der Waals surface area (Å²) < 4.78 is 26.4. The second-order valence-corrected chi connectivity index (χ2v) is 15.9. The molecule has 0 aliphatic carbocycles. The van der Waals surface area contributed by atoms with Crippen molar-refractivity contribution in [3.05, 3.63) is 0 Å². The lowest BCUT2D eigenvalue weighted by atomic mass is 9.86. The van der Waals surface area contributed by atoms with Gasteiger partial charge in [0.15, 0.2) is 0 Å². The summed E-state index contributed by atoms with van der Waals surface area (Å²) in [6, 6.07) is 0. The molecule has 17 nitrogen and oxygen atoms in total. The molecule has 0 saturated heterocycles. The average molecular weight is 881 g/mol. The van der Waals surface area contributed by atoms with Gasteiger partial charge in [0.25, 0.3) is 0 Å². The first-order valence-electron chi connectivity index (χ1n) is 21.7. The molecular weight excluding hydrogens is 800 g/mol. The van der Waals surface area contributed by atoms with Crippen LogP contribution in [0.4, 0.5) is 0 Å². The molecule has 5 N–H and O–H groups in total. The molecule has 0 heterocycles. The van der Waals surface area contributed by atoms with Crippen LogP contribution >= 0.6 is 0 Å². The van der Waals surface area contributed by atoms with Crippen LogP contribution in [0.25, 0.3) is 0 Å². The number of hydrogen-bond donors (Lipinski definition) is 5. The molecule has 0 aromatic rings. The molecule has 0 saturated carbocycles. The zero-order chi connectivity index (χ0) is 48.0. The second-order valence-electron chi connectivity index (χ2n) is 15.9. The highest BCUT2D eigenvalue weighted by Crippen LogP contribution is 2.27. The Morgan fingerprint density at radius 1 is 0.393 bits per heavy atom. The fourth-order valence-electron chi connectivity index (χ4n) is 5.92. The standard InChI is InChI=1S/C31H54O12.C8H16O3.C5H10O2/c1-9-23(31(39)43-28(17-26(35)11-3)14-20(6)41-22(8)33)15-24(29(36)37)12-18(4)30(38)42-27(16-25(34)10-2)13-19(5)40-21(7)32;1-4-8(10)5-6(2)11-7(3)9;1-3-4(2)5(6)7/h18-20,23-28,34-35H,9-17H2,1-8H3,(H,36,37);6,8,10H,4-5H2,1-3H3;4H,3H2,1-2H3,(H,6,7). The van der Waals surface area contributed by atoms with E-state index >= 15 is 0 Å². The van der Waals surface area contributed by atoms with E-state index in [1.54, 1.807) is 55.4 Å². The average Bonchev–Trinajstić information content (AvgIpc) is 3.14. The highest BCUT2D eigenvalue weighted by Gasteiger charge is 2.33. The lowest BCUT2D eigenvalue weighted by Gasteiger charge is -2.27. The van der Waals surface area contributed by atoms with Crippen LogP contribution in [0.1, 0.15) is 167 Å². The van der Waals surface area contributed by atoms with Crippen LogP contribution in [0.15, 0.2) is 0 Å². The molecule has 0 spiro atoms. The second kappa shape index (κ2) is 34.7. The molecule has 12 atom stereocenters. The van der Waals surface area contributed by atoms with Gasteiger partial charge in [0.2, 0.25) is 0 Å². The van der Waals surface area contributed by atoms with E-state index in [9.17, 15) is 48.9 Å². The van der Waals surface area contributed by atoms with Crippen LogP contribution < -0.4 is 0 Å². The topological polar surface area (TPSA) is 267 Å². The van der Waals surface area contributed by atoms with Gasteiger partial charge in [0.05, 0.1) is 42.0 Å². The number of carbonyl (C=O) groups is 7. The summed E-state index contributed by atoms with van der Waals surface area (Å²) in [5.74, 6) is -7.27. The molecule has 12 unspecified atom stereocenters. The molecule has 0 fully saturated rings. The van der Waals surface area contributed by atoms with Gasteiger partial charge in [0, 0.05) is 52.9 Å². The van der Waals surface area contributed by atoms with Gasteiger partial charge in [-0.25, -0.2) is 0 Å². The van der Waals surface area contributed by atoms with Crippen LogP contribution in [0, 0.1) is 23.7 Å².